The molecule has 24 heavy (non-hydrogen) atoms. The van der Waals surface area contributed by atoms with E-state index >= 15 is 0 Å². The quantitative estimate of drug-likeness (QED) is 0.833. The predicted molar refractivity (Wildman–Crippen MR) is 96.9 cm³/mol. The fourth-order valence-electron chi connectivity index (χ4n) is 4.68. The van der Waals surface area contributed by atoms with Gasteiger partial charge >= 0.3 is 0 Å². The molecule has 4 rings (SSSR count). The van der Waals surface area contributed by atoms with Crippen LogP contribution in [0.5, 0.6) is 0 Å². The Bertz CT molecular complexity index is 700. The Kier molecular flexibility index (Phi) is 4.09. The third kappa shape index (κ3) is 2.95. The van der Waals surface area contributed by atoms with Crippen LogP contribution in [-0.2, 0) is 6.54 Å². The van der Waals surface area contributed by atoms with E-state index in [2.05, 4.69) is 40.1 Å². The van der Waals surface area contributed by atoms with Crippen molar-refractivity contribution in [2.45, 2.75) is 44.8 Å². The number of thiazole rings is 1. The minimum absolute atomic E-state index is 0.0692. The van der Waals surface area contributed by atoms with Gasteiger partial charge in [0.2, 0.25) is 0 Å². The molecule has 0 unspecified atom stereocenters. The third-order valence-electron chi connectivity index (χ3n) is 5.48. The fourth-order valence-corrected chi connectivity index (χ4v) is 5.23. The predicted octanol–water partition coefficient (Wildman–Crippen LogP) is 4.16. The largest absolute Gasteiger partial charge is 0.363 e. The molecule has 2 fully saturated rings. The number of halogens is 1. The lowest BCUT2D eigenvalue weighted by atomic mass is 9.90. The van der Waals surface area contributed by atoms with Crippen molar-refractivity contribution in [3.8, 4) is 0 Å². The van der Waals surface area contributed by atoms with Crippen LogP contribution in [0, 0.1) is 11.7 Å². The molecule has 2 aromatic rings. The van der Waals surface area contributed by atoms with Crippen molar-refractivity contribution in [3.05, 3.63) is 46.7 Å². The summed E-state index contributed by atoms with van der Waals surface area (Å²) in [6.07, 6.45) is 2.29. The highest BCUT2D eigenvalue weighted by molar-refractivity contribution is 7.07. The minimum atomic E-state index is -0.146. The van der Waals surface area contributed by atoms with Crippen LogP contribution in [0.25, 0.3) is 0 Å². The van der Waals surface area contributed by atoms with Gasteiger partial charge in [-0.05, 0) is 50.8 Å². The Morgan fingerprint density at radius 2 is 2.25 bits per heavy atom. The first-order chi connectivity index (χ1) is 11.5. The first kappa shape index (κ1) is 16.0. The zero-order valence-corrected chi connectivity index (χ0v) is 15.1. The number of piperidine rings is 1. The maximum Gasteiger partial charge on any atom is 0.125 e. The molecule has 0 bridgehead atoms. The van der Waals surface area contributed by atoms with Gasteiger partial charge in [0.25, 0.3) is 0 Å². The lowest BCUT2D eigenvalue weighted by Crippen LogP contribution is -2.48. The number of aromatic nitrogens is 1. The summed E-state index contributed by atoms with van der Waals surface area (Å²) in [5, 5.41) is 2.14. The van der Waals surface area contributed by atoms with Crippen molar-refractivity contribution in [2.24, 2.45) is 5.92 Å². The van der Waals surface area contributed by atoms with Gasteiger partial charge < -0.3 is 4.90 Å². The molecular formula is C19H24FN3S. The number of rotatable bonds is 3. The summed E-state index contributed by atoms with van der Waals surface area (Å²) in [4.78, 5) is 9.42. The summed E-state index contributed by atoms with van der Waals surface area (Å²) >= 11 is 1.66. The molecule has 2 atom stereocenters. The smallest absolute Gasteiger partial charge is 0.125 e. The SMILES string of the molecule is CC1(C)C[C@@H]2CN(Cc3cscn3)CC[C@@H]2N1c1cccc(F)c1. The second-order valence-corrected chi connectivity index (χ2v) is 8.42. The molecule has 0 amide bonds. The van der Waals surface area contributed by atoms with E-state index in [0.29, 0.717) is 12.0 Å². The molecule has 3 heterocycles. The van der Waals surface area contributed by atoms with Gasteiger partial charge in [-0.1, -0.05) is 6.07 Å². The number of fused-ring (bicyclic) bond motifs is 1. The minimum Gasteiger partial charge on any atom is -0.363 e. The molecule has 2 aliphatic heterocycles. The zero-order chi connectivity index (χ0) is 16.7. The third-order valence-corrected chi connectivity index (χ3v) is 6.11. The Balaban J connectivity index is 1.53. The Labute approximate surface area is 147 Å². The fraction of sp³-hybridized carbons (Fsp3) is 0.526. The van der Waals surface area contributed by atoms with Crippen molar-refractivity contribution in [2.75, 3.05) is 18.0 Å². The number of hydrogen-bond acceptors (Lipinski definition) is 4. The molecule has 3 nitrogen and oxygen atoms in total. The van der Waals surface area contributed by atoms with Crippen LogP contribution in [0.3, 0.4) is 0 Å². The topological polar surface area (TPSA) is 19.4 Å². The number of benzene rings is 1. The zero-order valence-electron chi connectivity index (χ0n) is 14.3. The monoisotopic (exact) mass is 345 g/mol. The van der Waals surface area contributed by atoms with E-state index in [1.807, 2.05) is 11.6 Å². The van der Waals surface area contributed by atoms with E-state index in [4.69, 9.17) is 0 Å². The maximum absolute atomic E-state index is 13.7. The van der Waals surface area contributed by atoms with E-state index in [9.17, 15) is 4.39 Å². The molecule has 1 aromatic carbocycles. The Morgan fingerprint density at radius 1 is 1.38 bits per heavy atom. The molecule has 0 spiro atoms. The van der Waals surface area contributed by atoms with Gasteiger partial charge in [0.05, 0.1) is 11.2 Å². The average molecular weight is 345 g/mol. The number of hydrogen-bond donors (Lipinski definition) is 0. The molecule has 2 saturated heterocycles. The van der Waals surface area contributed by atoms with Gasteiger partial charge in [0.15, 0.2) is 0 Å². The van der Waals surface area contributed by atoms with Gasteiger partial charge in [-0.25, -0.2) is 9.37 Å². The number of likely N-dealkylation sites (tertiary alicyclic amines) is 1. The highest BCUT2D eigenvalue weighted by atomic mass is 32.1. The second kappa shape index (κ2) is 6.12. The first-order valence-corrected chi connectivity index (χ1v) is 9.61. The number of nitrogens with zero attached hydrogens (tertiary/aromatic N) is 3. The van der Waals surface area contributed by atoms with E-state index in [0.717, 1.165) is 38.2 Å². The van der Waals surface area contributed by atoms with Crippen LogP contribution >= 0.6 is 11.3 Å². The van der Waals surface area contributed by atoms with Crippen LogP contribution in [0.2, 0.25) is 0 Å². The van der Waals surface area contributed by atoms with Crippen molar-refractivity contribution in [3.63, 3.8) is 0 Å². The maximum atomic E-state index is 13.7. The van der Waals surface area contributed by atoms with Crippen LogP contribution < -0.4 is 4.90 Å². The second-order valence-electron chi connectivity index (χ2n) is 7.70. The molecule has 0 aliphatic carbocycles. The molecular weight excluding hydrogens is 321 g/mol. The molecule has 128 valence electrons. The van der Waals surface area contributed by atoms with Gasteiger partial charge in [-0.2, -0.15) is 0 Å². The molecule has 5 heteroatoms. The van der Waals surface area contributed by atoms with Crippen LogP contribution in [0.4, 0.5) is 10.1 Å². The number of anilines is 1. The van der Waals surface area contributed by atoms with Gasteiger partial charge in [0.1, 0.15) is 5.82 Å². The summed E-state index contributed by atoms with van der Waals surface area (Å²) in [5.41, 5.74) is 4.19. The highest BCUT2D eigenvalue weighted by Crippen LogP contribution is 2.44. The summed E-state index contributed by atoms with van der Waals surface area (Å²) in [7, 11) is 0. The van der Waals surface area contributed by atoms with E-state index in [1.165, 1.54) is 11.8 Å². The summed E-state index contributed by atoms with van der Waals surface area (Å²) < 4.78 is 13.7. The lowest BCUT2D eigenvalue weighted by molar-refractivity contribution is 0.160. The molecule has 1 aromatic heterocycles. The Hall–Kier alpha value is -1.46. The van der Waals surface area contributed by atoms with Crippen LogP contribution in [0.1, 0.15) is 32.4 Å². The van der Waals surface area contributed by atoms with Gasteiger partial charge in [-0.3, -0.25) is 4.90 Å². The Morgan fingerprint density at radius 3 is 3.00 bits per heavy atom. The van der Waals surface area contributed by atoms with Crippen molar-refractivity contribution in [1.29, 1.82) is 0 Å². The van der Waals surface area contributed by atoms with E-state index in [1.54, 1.807) is 17.4 Å². The highest BCUT2D eigenvalue weighted by Gasteiger charge is 2.48. The van der Waals surface area contributed by atoms with Crippen molar-refractivity contribution < 1.29 is 4.39 Å². The molecule has 0 N–H and O–H groups in total. The van der Waals surface area contributed by atoms with Crippen molar-refractivity contribution in [1.82, 2.24) is 9.88 Å². The summed E-state index contributed by atoms with van der Waals surface area (Å²) in [5.74, 6) is 0.489. The molecule has 0 saturated carbocycles. The van der Waals surface area contributed by atoms with Crippen molar-refractivity contribution >= 4 is 17.0 Å². The average Bonchev–Trinajstić information content (AvgIpc) is 3.11. The van der Waals surface area contributed by atoms with Gasteiger partial charge in [-0.15, -0.1) is 11.3 Å². The summed E-state index contributed by atoms with van der Waals surface area (Å²) in [6, 6.07) is 7.60. The van der Waals surface area contributed by atoms with E-state index in [-0.39, 0.29) is 11.4 Å². The standard InChI is InChI=1S/C19H24FN3S/c1-19(2)9-14-10-22(11-16-12-24-13-21-16)7-6-18(14)23(19)17-5-3-4-15(20)8-17/h3-5,8,12-14,18H,6-7,9-11H2,1-2H3/t14-,18+/m1/s1. The lowest BCUT2D eigenvalue weighted by Gasteiger charge is -2.41. The van der Waals surface area contributed by atoms with Crippen LogP contribution in [0.15, 0.2) is 35.2 Å². The van der Waals surface area contributed by atoms with E-state index < -0.39 is 0 Å². The van der Waals surface area contributed by atoms with Gasteiger partial charge in [0, 0.05) is 42.3 Å². The molecule has 2 aliphatic rings. The summed E-state index contributed by atoms with van der Waals surface area (Å²) in [6.45, 7) is 7.73. The first-order valence-electron chi connectivity index (χ1n) is 8.67. The molecule has 0 radical (unpaired) electrons. The normalized spacial score (nSPS) is 26.5. The van der Waals surface area contributed by atoms with Crippen LogP contribution in [-0.4, -0.2) is 34.6 Å².